The lowest BCUT2D eigenvalue weighted by atomic mass is 10.0. The van der Waals surface area contributed by atoms with E-state index < -0.39 is 21.5 Å². The zero-order chi connectivity index (χ0) is 14.8. The first-order valence-electron chi connectivity index (χ1n) is 6.18. The lowest BCUT2D eigenvalue weighted by Gasteiger charge is -2.25. The first-order chi connectivity index (χ1) is 9.41. The SMILES string of the molecule is N#Cc1ccccc1S(=O)(=O)NC1(C(=O)O)CCCC1. The minimum absolute atomic E-state index is 0.00136. The normalized spacial score (nSPS) is 17.6. The number of benzene rings is 1. The Morgan fingerprint density at radius 2 is 1.90 bits per heavy atom. The summed E-state index contributed by atoms with van der Waals surface area (Å²) in [4.78, 5) is 11.2. The molecular weight excluding hydrogens is 280 g/mol. The van der Waals surface area contributed by atoms with Crippen LogP contribution in [0, 0.1) is 11.3 Å². The molecule has 0 atom stereocenters. The van der Waals surface area contributed by atoms with Crippen molar-refractivity contribution < 1.29 is 18.3 Å². The van der Waals surface area contributed by atoms with Crippen molar-refractivity contribution in [3.05, 3.63) is 29.8 Å². The van der Waals surface area contributed by atoms with Gasteiger partial charge in [-0.1, -0.05) is 25.0 Å². The van der Waals surface area contributed by atoms with Gasteiger partial charge in [-0.05, 0) is 25.0 Å². The molecule has 2 N–H and O–H groups in total. The van der Waals surface area contributed by atoms with Gasteiger partial charge in [0.25, 0.3) is 0 Å². The van der Waals surface area contributed by atoms with Gasteiger partial charge in [-0.15, -0.1) is 0 Å². The van der Waals surface area contributed by atoms with E-state index in [0.29, 0.717) is 12.8 Å². The Bertz CT molecular complexity index is 670. The van der Waals surface area contributed by atoms with Gasteiger partial charge < -0.3 is 5.11 Å². The summed E-state index contributed by atoms with van der Waals surface area (Å²) in [5.74, 6) is -1.17. The zero-order valence-electron chi connectivity index (χ0n) is 10.7. The van der Waals surface area contributed by atoms with Crippen LogP contribution in [0.5, 0.6) is 0 Å². The van der Waals surface area contributed by atoms with E-state index in [-0.39, 0.29) is 23.3 Å². The first kappa shape index (κ1) is 14.5. The monoisotopic (exact) mass is 294 g/mol. The van der Waals surface area contributed by atoms with E-state index in [1.807, 2.05) is 0 Å². The standard InChI is InChI=1S/C13H14N2O4S/c14-9-10-5-1-2-6-11(10)20(18,19)15-13(12(16)17)7-3-4-8-13/h1-2,5-6,15H,3-4,7-8H2,(H,16,17). The molecule has 0 spiro atoms. The van der Waals surface area contributed by atoms with Gasteiger partial charge in [0, 0.05) is 0 Å². The number of carboxylic acids is 1. The molecule has 0 unspecified atom stereocenters. The summed E-state index contributed by atoms with van der Waals surface area (Å²) in [5, 5.41) is 18.3. The van der Waals surface area contributed by atoms with Crippen LogP contribution in [0.3, 0.4) is 0 Å². The third-order valence-electron chi connectivity index (χ3n) is 3.49. The molecule has 0 aliphatic heterocycles. The molecule has 0 saturated heterocycles. The maximum Gasteiger partial charge on any atom is 0.324 e. The fraction of sp³-hybridized carbons (Fsp3) is 0.385. The second-order valence-corrected chi connectivity index (χ2v) is 6.46. The molecule has 1 aromatic rings. The lowest BCUT2D eigenvalue weighted by Crippen LogP contribution is -2.52. The molecule has 20 heavy (non-hydrogen) atoms. The molecule has 7 heteroatoms. The molecule has 1 aromatic carbocycles. The van der Waals surface area contributed by atoms with Crippen molar-refractivity contribution in [3.63, 3.8) is 0 Å². The number of hydrogen-bond acceptors (Lipinski definition) is 4. The number of hydrogen-bond donors (Lipinski definition) is 2. The van der Waals surface area contributed by atoms with Crippen molar-refractivity contribution in [1.82, 2.24) is 4.72 Å². The van der Waals surface area contributed by atoms with Gasteiger partial charge in [0.05, 0.1) is 10.5 Å². The van der Waals surface area contributed by atoms with E-state index in [9.17, 15) is 18.3 Å². The number of nitrogens with zero attached hydrogens (tertiary/aromatic N) is 1. The summed E-state index contributed by atoms with van der Waals surface area (Å²) < 4.78 is 27.0. The average molecular weight is 294 g/mol. The van der Waals surface area contributed by atoms with E-state index in [0.717, 1.165) is 0 Å². The Morgan fingerprint density at radius 3 is 2.45 bits per heavy atom. The second-order valence-electron chi connectivity index (χ2n) is 4.81. The van der Waals surface area contributed by atoms with Gasteiger partial charge in [0.15, 0.2) is 0 Å². The molecule has 0 amide bonds. The predicted octanol–water partition coefficient (Wildman–Crippen LogP) is 1.23. The molecule has 0 aromatic heterocycles. The summed E-state index contributed by atoms with van der Waals surface area (Å²) >= 11 is 0. The summed E-state index contributed by atoms with van der Waals surface area (Å²) in [5.41, 5.74) is -1.46. The van der Waals surface area contributed by atoms with E-state index in [1.165, 1.54) is 18.2 Å². The highest BCUT2D eigenvalue weighted by atomic mass is 32.2. The first-order valence-corrected chi connectivity index (χ1v) is 7.66. The third kappa shape index (κ3) is 2.53. The Hall–Kier alpha value is -1.91. The van der Waals surface area contributed by atoms with Crippen molar-refractivity contribution in [1.29, 1.82) is 5.26 Å². The number of rotatable bonds is 4. The molecule has 1 aliphatic rings. The molecule has 1 aliphatic carbocycles. The van der Waals surface area contributed by atoms with Crippen LogP contribution in [0.1, 0.15) is 31.2 Å². The number of sulfonamides is 1. The van der Waals surface area contributed by atoms with E-state index in [2.05, 4.69) is 4.72 Å². The predicted molar refractivity (Wildman–Crippen MR) is 70.3 cm³/mol. The number of nitriles is 1. The van der Waals surface area contributed by atoms with Crippen LogP contribution in [0.25, 0.3) is 0 Å². The quantitative estimate of drug-likeness (QED) is 0.868. The maximum absolute atomic E-state index is 12.4. The van der Waals surface area contributed by atoms with Crippen LogP contribution in [-0.4, -0.2) is 25.0 Å². The van der Waals surface area contributed by atoms with E-state index in [4.69, 9.17) is 5.26 Å². The Kier molecular flexibility index (Phi) is 3.79. The van der Waals surface area contributed by atoms with E-state index >= 15 is 0 Å². The minimum Gasteiger partial charge on any atom is -0.480 e. The zero-order valence-corrected chi connectivity index (χ0v) is 11.5. The summed E-state index contributed by atoms with van der Waals surface area (Å²) in [7, 11) is -4.04. The topological polar surface area (TPSA) is 107 Å². The summed E-state index contributed by atoms with van der Waals surface area (Å²) in [6.07, 6.45) is 1.84. The summed E-state index contributed by atoms with van der Waals surface area (Å²) in [6.45, 7) is 0. The Balaban J connectivity index is 2.41. The molecular formula is C13H14N2O4S. The van der Waals surface area contributed by atoms with Crippen LogP contribution >= 0.6 is 0 Å². The lowest BCUT2D eigenvalue weighted by molar-refractivity contribution is -0.143. The highest BCUT2D eigenvalue weighted by Gasteiger charge is 2.45. The summed E-state index contributed by atoms with van der Waals surface area (Å²) in [6, 6.07) is 7.54. The fourth-order valence-electron chi connectivity index (χ4n) is 2.44. The number of nitrogens with one attached hydrogen (secondary N) is 1. The van der Waals surface area contributed by atoms with Crippen molar-refractivity contribution in [2.45, 2.75) is 36.1 Å². The van der Waals surface area contributed by atoms with Gasteiger partial charge >= 0.3 is 5.97 Å². The molecule has 1 saturated carbocycles. The number of aliphatic carboxylic acids is 1. The molecule has 6 nitrogen and oxygen atoms in total. The molecule has 0 bridgehead atoms. The van der Waals surface area contributed by atoms with Gasteiger partial charge in [0.1, 0.15) is 11.6 Å². The van der Waals surface area contributed by atoms with Crippen molar-refractivity contribution in [3.8, 4) is 6.07 Å². The maximum atomic E-state index is 12.4. The largest absolute Gasteiger partial charge is 0.480 e. The van der Waals surface area contributed by atoms with Crippen LogP contribution in [0.2, 0.25) is 0 Å². The number of carbonyl (C=O) groups is 1. The molecule has 106 valence electrons. The molecule has 0 heterocycles. The second kappa shape index (κ2) is 5.23. The molecule has 1 fully saturated rings. The minimum atomic E-state index is -4.04. The van der Waals surface area contributed by atoms with Crippen LogP contribution in [0.4, 0.5) is 0 Å². The average Bonchev–Trinajstić information content (AvgIpc) is 2.88. The van der Waals surface area contributed by atoms with Crippen molar-refractivity contribution in [2.24, 2.45) is 0 Å². The van der Waals surface area contributed by atoms with Gasteiger partial charge in [-0.2, -0.15) is 9.98 Å². The van der Waals surface area contributed by atoms with Gasteiger partial charge in [0.2, 0.25) is 10.0 Å². The van der Waals surface area contributed by atoms with Crippen molar-refractivity contribution in [2.75, 3.05) is 0 Å². The highest BCUT2D eigenvalue weighted by Crippen LogP contribution is 2.32. The Morgan fingerprint density at radius 1 is 1.30 bits per heavy atom. The molecule has 2 rings (SSSR count). The number of carboxylic acid groups (broad SMARTS) is 1. The fourth-order valence-corrected chi connectivity index (χ4v) is 4.02. The smallest absolute Gasteiger partial charge is 0.324 e. The van der Waals surface area contributed by atoms with Crippen LogP contribution in [-0.2, 0) is 14.8 Å². The Labute approximate surface area is 117 Å². The van der Waals surface area contributed by atoms with Gasteiger partial charge in [-0.25, -0.2) is 8.42 Å². The van der Waals surface area contributed by atoms with Crippen molar-refractivity contribution >= 4 is 16.0 Å². The van der Waals surface area contributed by atoms with Gasteiger partial charge in [-0.3, -0.25) is 4.79 Å². The third-order valence-corrected chi connectivity index (χ3v) is 5.09. The van der Waals surface area contributed by atoms with E-state index in [1.54, 1.807) is 12.1 Å². The molecule has 0 radical (unpaired) electrons. The van der Waals surface area contributed by atoms with Crippen LogP contribution in [0.15, 0.2) is 29.2 Å². The van der Waals surface area contributed by atoms with Crippen LogP contribution < -0.4 is 4.72 Å². The highest BCUT2D eigenvalue weighted by molar-refractivity contribution is 7.89.